The summed E-state index contributed by atoms with van der Waals surface area (Å²) in [5.41, 5.74) is 6.83. The first-order valence-corrected chi connectivity index (χ1v) is 7.45. The van der Waals surface area contributed by atoms with Gasteiger partial charge in [-0.25, -0.2) is 0 Å². The highest BCUT2D eigenvalue weighted by atomic mass is 16.3. The van der Waals surface area contributed by atoms with Crippen LogP contribution in [-0.2, 0) is 13.1 Å². The average molecular weight is 267 g/mol. The Kier molecular flexibility index (Phi) is 7.79. The third kappa shape index (κ3) is 5.35. The molecule has 0 bridgehead atoms. The van der Waals surface area contributed by atoms with Gasteiger partial charge >= 0.3 is 0 Å². The van der Waals surface area contributed by atoms with E-state index in [2.05, 4.69) is 30.6 Å². The van der Waals surface area contributed by atoms with E-state index in [0.29, 0.717) is 6.54 Å². The third-order valence-corrected chi connectivity index (χ3v) is 3.72. The maximum absolute atomic E-state index is 5.70. The van der Waals surface area contributed by atoms with Crippen LogP contribution in [0.5, 0.6) is 0 Å². The van der Waals surface area contributed by atoms with Crippen LogP contribution < -0.4 is 5.73 Å². The Morgan fingerprint density at radius 3 is 2.26 bits per heavy atom. The standard InChI is InChI=1S/C15H29N3O/c1-4-17(5-2)9-7-10-18(6-3)13-15-14(12-16)8-11-19-15/h8,11H,4-7,9-10,12-13,16H2,1-3H3. The lowest BCUT2D eigenvalue weighted by Gasteiger charge is -2.23. The minimum absolute atomic E-state index is 0.558. The van der Waals surface area contributed by atoms with Gasteiger partial charge < -0.3 is 15.1 Å². The van der Waals surface area contributed by atoms with E-state index in [4.69, 9.17) is 10.2 Å². The summed E-state index contributed by atoms with van der Waals surface area (Å²) >= 11 is 0. The molecule has 4 heteroatoms. The molecule has 0 amide bonds. The molecule has 1 aromatic rings. The van der Waals surface area contributed by atoms with Crippen molar-refractivity contribution in [1.29, 1.82) is 0 Å². The molecule has 19 heavy (non-hydrogen) atoms. The predicted molar refractivity (Wildman–Crippen MR) is 80.0 cm³/mol. The van der Waals surface area contributed by atoms with Crippen LogP contribution >= 0.6 is 0 Å². The highest BCUT2D eigenvalue weighted by Crippen LogP contribution is 2.12. The normalized spacial score (nSPS) is 11.7. The summed E-state index contributed by atoms with van der Waals surface area (Å²) < 4.78 is 5.53. The van der Waals surface area contributed by atoms with Crippen LogP contribution in [0.25, 0.3) is 0 Å². The van der Waals surface area contributed by atoms with E-state index in [9.17, 15) is 0 Å². The molecule has 0 unspecified atom stereocenters. The van der Waals surface area contributed by atoms with E-state index in [-0.39, 0.29) is 0 Å². The fourth-order valence-corrected chi connectivity index (χ4v) is 2.30. The van der Waals surface area contributed by atoms with E-state index in [0.717, 1.165) is 44.0 Å². The molecule has 1 rings (SSSR count). The molecule has 4 nitrogen and oxygen atoms in total. The van der Waals surface area contributed by atoms with Crippen molar-refractivity contribution in [3.63, 3.8) is 0 Å². The van der Waals surface area contributed by atoms with Gasteiger partial charge in [0.1, 0.15) is 5.76 Å². The van der Waals surface area contributed by atoms with Crippen molar-refractivity contribution in [2.45, 2.75) is 40.3 Å². The molecule has 0 aromatic carbocycles. The second-order valence-corrected chi connectivity index (χ2v) is 4.82. The van der Waals surface area contributed by atoms with E-state index >= 15 is 0 Å². The van der Waals surface area contributed by atoms with Crippen LogP contribution in [0.2, 0.25) is 0 Å². The molecular formula is C15H29N3O. The maximum Gasteiger partial charge on any atom is 0.122 e. The van der Waals surface area contributed by atoms with Crippen molar-refractivity contribution in [2.75, 3.05) is 32.7 Å². The van der Waals surface area contributed by atoms with Gasteiger partial charge in [-0.3, -0.25) is 4.90 Å². The summed E-state index contributed by atoms with van der Waals surface area (Å²) in [6.45, 7) is 13.7. The number of hydrogen-bond acceptors (Lipinski definition) is 4. The molecule has 2 N–H and O–H groups in total. The molecule has 0 radical (unpaired) electrons. The lowest BCUT2D eigenvalue weighted by atomic mass is 10.2. The first-order chi connectivity index (χ1) is 9.24. The number of nitrogens with two attached hydrogens (primary N) is 1. The Balaban J connectivity index is 2.37. The molecule has 0 aliphatic rings. The zero-order chi connectivity index (χ0) is 14.1. The lowest BCUT2D eigenvalue weighted by molar-refractivity contribution is 0.225. The summed E-state index contributed by atoms with van der Waals surface area (Å²) in [6, 6.07) is 1.97. The first kappa shape index (κ1) is 16.2. The monoisotopic (exact) mass is 267 g/mol. The Morgan fingerprint density at radius 2 is 1.68 bits per heavy atom. The Hall–Kier alpha value is -0.840. The van der Waals surface area contributed by atoms with E-state index in [1.165, 1.54) is 13.0 Å². The molecule has 110 valence electrons. The van der Waals surface area contributed by atoms with Gasteiger partial charge in [-0.15, -0.1) is 0 Å². The van der Waals surface area contributed by atoms with Crippen molar-refractivity contribution in [3.05, 3.63) is 23.7 Å². The fourth-order valence-electron chi connectivity index (χ4n) is 2.30. The summed E-state index contributed by atoms with van der Waals surface area (Å²) in [7, 11) is 0. The van der Waals surface area contributed by atoms with E-state index in [1.54, 1.807) is 6.26 Å². The van der Waals surface area contributed by atoms with Crippen LogP contribution in [0, 0.1) is 0 Å². The van der Waals surface area contributed by atoms with Crippen LogP contribution in [0.3, 0.4) is 0 Å². The van der Waals surface area contributed by atoms with E-state index in [1.807, 2.05) is 6.07 Å². The average Bonchev–Trinajstić information content (AvgIpc) is 2.89. The zero-order valence-electron chi connectivity index (χ0n) is 12.7. The van der Waals surface area contributed by atoms with Gasteiger partial charge in [0.05, 0.1) is 12.8 Å². The molecule has 0 saturated carbocycles. The number of hydrogen-bond donors (Lipinski definition) is 1. The minimum atomic E-state index is 0.558. The largest absolute Gasteiger partial charge is 0.468 e. The van der Waals surface area contributed by atoms with Crippen LogP contribution in [0.1, 0.15) is 38.5 Å². The highest BCUT2D eigenvalue weighted by molar-refractivity contribution is 5.16. The fraction of sp³-hybridized carbons (Fsp3) is 0.733. The molecule has 1 aromatic heterocycles. The SMILES string of the molecule is CCN(CC)CCCN(CC)Cc1occc1CN. The van der Waals surface area contributed by atoms with Gasteiger partial charge in [0, 0.05) is 12.1 Å². The molecule has 1 heterocycles. The molecule has 0 fully saturated rings. The second-order valence-electron chi connectivity index (χ2n) is 4.82. The zero-order valence-corrected chi connectivity index (χ0v) is 12.7. The van der Waals surface area contributed by atoms with Crippen molar-refractivity contribution < 1.29 is 4.42 Å². The van der Waals surface area contributed by atoms with Gasteiger partial charge in [-0.05, 0) is 45.2 Å². The van der Waals surface area contributed by atoms with Crippen molar-refractivity contribution in [1.82, 2.24) is 9.80 Å². The van der Waals surface area contributed by atoms with Gasteiger partial charge in [0.25, 0.3) is 0 Å². The van der Waals surface area contributed by atoms with Crippen molar-refractivity contribution in [2.24, 2.45) is 5.73 Å². The number of nitrogens with zero attached hydrogens (tertiary/aromatic N) is 2. The van der Waals surface area contributed by atoms with E-state index < -0.39 is 0 Å². The molecule has 0 atom stereocenters. The summed E-state index contributed by atoms with van der Waals surface area (Å²) in [4.78, 5) is 4.88. The van der Waals surface area contributed by atoms with Gasteiger partial charge in [-0.1, -0.05) is 20.8 Å². The Morgan fingerprint density at radius 1 is 1.05 bits per heavy atom. The molecule has 0 aliphatic heterocycles. The smallest absolute Gasteiger partial charge is 0.122 e. The molecule has 0 aliphatic carbocycles. The van der Waals surface area contributed by atoms with Gasteiger partial charge in [-0.2, -0.15) is 0 Å². The van der Waals surface area contributed by atoms with Crippen LogP contribution in [0.15, 0.2) is 16.7 Å². The molecular weight excluding hydrogens is 238 g/mol. The van der Waals surface area contributed by atoms with Crippen LogP contribution in [0.4, 0.5) is 0 Å². The quantitative estimate of drug-likeness (QED) is 0.706. The maximum atomic E-state index is 5.70. The molecule has 0 saturated heterocycles. The predicted octanol–water partition coefficient (Wildman–Crippen LogP) is 2.29. The lowest BCUT2D eigenvalue weighted by Crippen LogP contribution is -2.30. The van der Waals surface area contributed by atoms with Gasteiger partial charge in [0.15, 0.2) is 0 Å². The number of furan rings is 1. The third-order valence-electron chi connectivity index (χ3n) is 3.72. The van der Waals surface area contributed by atoms with Crippen molar-refractivity contribution >= 4 is 0 Å². The van der Waals surface area contributed by atoms with Crippen LogP contribution in [-0.4, -0.2) is 42.5 Å². The summed E-state index contributed by atoms with van der Waals surface area (Å²) in [6.07, 6.45) is 2.94. The second kappa shape index (κ2) is 9.13. The summed E-state index contributed by atoms with van der Waals surface area (Å²) in [5.74, 6) is 1.02. The summed E-state index contributed by atoms with van der Waals surface area (Å²) in [5, 5.41) is 0. The topological polar surface area (TPSA) is 45.6 Å². The van der Waals surface area contributed by atoms with Crippen molar-refractivity contribution in [3.8, 4) is 0 Å². The number of rotatable bonds is 10. The first-order valence-electron chi connectivity index (χ1n) is 7.45. The minimum Gasteiger partial charge on any atom is -0.468 e. The van der Waals surface area contributed by atoms with Gasteiger partial charge in [0.2, 0.25) is 0 Å². The Labute approximate surface area is 117 Å². The highest BCUT2D eigenvalue weighted by Gasteiger charge is 2.10. The Bertz CT molecular complexity index is 334. The molecule has 0 spiro atoms.